The molecule has 1 aliphatic heterocycles. The number of hydrogen-bond acceptors (Lipinski definition) is 8. The van der Waals surface area contributed by atoms with Crippen molar-refractivity contribution in [3.63, 3.8) is 0 Å². The Morgan fingerprint density at radius 3 is 2.74 bits per heavy atom. The van der Waals surface area contributed by atoms with Crippen LogP contribution in [0.1, 0.15) is 55.5 Å². The normalized spacial score (nSPS) is 15.6. The SMILES string of the molecule is COc1ccc(Cn2cnc(=N)c3[nH]c(C(C)COCc4ccc5c(c4)OCO5)nc32)cc1OC1CCCC1. The molecule has 1 fully saturated rings. The van der Waals surface area contributed by atoms with Gasteiger partial charge in [-0.3, -0.25) is 5.41 Å². The van der Waals surface area contributed by atoms with Gasteiger partial charge in [-0.25, -0.2) is 9.97 Å². The standard InChI is InChI=1S/C29H33N5O5/c1-18(14-36-15-20-8-10-23-24(12-20)38-17-37-23)28-32-26-27(30)31-16-34(29(26)33-28)13-19-7-9-22(35-2)25(11-19)39-21-5-3-4-6-21/h7-12,16,18,21,30H,3-6,13-15,17H2,1-2H3,(H,32,33). The summed E-state index contributed by atoms with van der Waals surface area (Å²) < 4.78 is 30.6. The Morgan fingerprint density at radius 1 is 1.08 bits per heavy atom. The molecule has 2 aromatic heterocycles. The monoisotopic (exact) mass is 531 g/mol. The van der Waals surface area contributed by atoms with Crippen LogP contribution in [0.25, 0.3) is 11.2 Å². The minimum Gasteiger partial charge on any atom is -0.493 e. The van der Waals surface area contributed by atoms with Gasteiger partial charge >= 0.3 is 0 Å². The van der Waals surface area contributed by atoms with Gasteiger partial charge in [-0.1, -0.05) is 19.1 Å². The number of methoxy groups -OCH3 is 1. The summed E-state index contributed by atoms with van der Waals surface area (Å²) in [4.78, 5) is 12.5. The highest BCUT2D eigenvalue weighted by Crippen LogP contribution is 2.34. The molecule has 1 unspecified atom stereocenters. The van der Waals surface area contributed by atoms with Gasteiger partial charge in [0.1, 0.15) is 11.3 Å². The zero-order chi connectivity index (χ0) is 26.8. The number of fused-ring (bicyclic) bond motifs is 2. The molecule has 2 aromatic carbocycles. The minimum atomic E-state index is -0.00772. The average Bonchev–Trinajstić information content (AvgIpc) is 3.72. The van der Waals surface area contributed by atoms with Crippen LogP contribution in [0, 0.1) is 5.41 Å². The Labute approximate surface area is 226 Å². The quantitative estimate of drug-likeness (QED) is 0.306. The van der Waals surface area contributed by atoms with Gasteiger partial charge in [0.05, 0.1) is 39.3 Å². The summed E-state index contributed by atoms with van der Waals surface area (Å²) in [7, 11) is 1.66. The predicted octanol–water partition coefficient (Wildman–Crippen LogP) is 4.67. The summed E-state index contributed by atoms with van der Waals surface area (Å²) in [6, 6.07) is 11.8. The number of aromatic nitrogens is 4. The Bertz CT molecular complexity index is 1520. The number of ether oxygens (including phenoxy) is 5. The molecule has 0 bridgehead atoms. The summed E-state index contributed by atoms with van der Waals surface area (Å²) in [5.41, 5.74) is 3.50. The molecule has 4 aromatic rings. The van der Waals surface area contributed by atoms with Crippen molar-refractivity contribution in [2.45, 2.75) is 57.8 Å². The molecule has 3 heterocycles. The zero-order valence-corrected chi connectivity index (χ0v) is 22.2. The Hall–Kier alpha value is -4.05. The molecule has 10 nitrogen and oxygen atoms in total. The van der Waals surface area contributed by atoms with Crippen molar-refractivity contribution in [3.8, 4) is 23.0 Å². The van der Waals surface area contributed by atoms with Crippen LogP contribution in [0.5, 0.6) is 23.0 Å². The first-order valence-electron chi connectivity index (χ1n) is 13.4. The van der Waals surface area contributed by atoms with E-state index in [0.29, 0.717) is 30.9 Å². The summed E-state index contributed by atoms with van der Waals surface area (Å²) in [5, 5.41) is 8.33. The van der Waals surface area contributed by atoms with Gasteiger partial charge in [-0.05, 0) is 61.1 Å². The number of imidazole rings is 1. The fourth-order valence-corrected chi connectivity index (χ4v) is 5.11. The van der Waals surface area contributed by atoms with Gasteiger partial charge in [0, 0.05) is 5.92 Å². The van der Waals surface area contributed by atoms with Crippen LogP contribution in [0.4, 0.5) is 0 Å². The molecule has 0 saturated heterocycles. The lowest BCUT2D eigenvalue weighted by Gasteiger charge is -2.17. The van der Waals surface area contributed by atoms with Gasteiger partial charge in [-0.2, -0.15) is 0 Å². The molecule has 1 aliphatic carbocycles. The van der Waals surface area contributed by atoms with E-state index < -0.39 is 0 Å². The lowest BCUT2D eigenvalue weighted by Crippen LogP contribution is -2.14. The number of nitrogens with one attached hydrogen (secondary N) is 2. The van der Waals surface area contributed by atoms with Gasteiger partial charge < -0.3 is 33.2 Å². The van der Waals surface area contributed by atoms with Crippen LogP contribution in [0.3, 0.4) is 0 Å². The number of rotatable bonds is 10. The topological polar surface area (TPSA) is 117 Å². The first-order valence-corrected chi connectivity index (χ1v) is 13.4. The second-order valence-electron chi connectivity index (χ2n) is 10.2. The second kappa shape index (κ2) is 11.0. The first kappa shape index (κ1) is 25.2. The molecule has 204 valence electrons. The molecular weight excluding hydrogens is 498 g/mol. The number of hydrogen-bond donors (Lipinski definition) is 2. The van der Waals surface area contributed by atoms with Gasteiger partial charge in [-0.15, -0.1) is 0 Å². The zero-order valence-electron chi connectivity index (χ0n) is 22.2. The molecule has 0 radical (unpaired) electrons. The third-order valence-electron chi connectivity index (χ3n) is 7.26. The van der Waals surface area contributed by atoms with Crippen molar-refractivity contribution in [1.29, 1.82) is 5.41 Å². The van der Waals surface area contributed by atoms with E-state index in [1.807, 2.05) is 41.0 Å². The number of aromatic amines is 1. The summed E-state index contributed by atoms with van der Waals surface area (Å²) in [6.45, 7) is 3.76. The maximum absolute atomic E-state index is 8.33. The third-order valence-corrected chi connectivity index (χ3v) is 7.26. The van der Waals surface area contributed by atoms with E-state index in [2.05, 4.69) is 16.9 Å². The molecule has 2 aliphatic rings. The van der Waals surface area contributed by atoms with Crippen LogP contribution in [0.2, 0.25) is 0 Å². The Balaban J connectivity index is 1.17. The van der Waals surface area contributed by atoms with Gasteiger partial charge in [0.15, 0.2) is 34.1 Å². The van der Waals surface area contributed by atoms with Gasteiger partial charge in [0.25, 0.3) is 0 Å². The maximum Gasteiger partial charge on any atom is 0.231 e. The molecule has 2 N–H and O–H groups in total. The van der Waals surface area contributed by atoms with E-state index in [1.54, 1.807) is 13.4 Å². The van der Waals surface area contributed by atoms with E-state index in [1.165, 1.54) is 12.8 Å². The van der Waals surface area contributed by atoms with E-state index in [-0.39, 0.29) is 24.3 Å². The Morgan fingerprint density at radius 2 is 1.90 bits per heavy atom. The molecule has 0 spiro atoms. The van der Waals surface area contributed by atoms with E-state index in [0.717, 1.165) is 52.8 Å². The molecule has 10 heteroatoms. The van der Waals surface area contributed by atoms with Crippen molar-refractivity contribution in [1.82, 2.24) is 19.5 Å². The number of benzene rings is 2. The minimum absolute atomic E-state index is 0.00772. The summed E-state index contributed by atoms with van der Waals surface area (Å²) in [6.07, 6.45) is 6.46. The smallest absolute Gasteiger partial charge is 0.231 e. The highest BCUT2D eigenvalue weighted by Gasteiger charge is 2.20. The number of nitrogens with zero attached hydrogens (tertiary/aromatic N) is 3. The Kier molecular flexibility index (Phi) is 7.10. The van der Waals surface area contributed by atoms with Crippen LogP contribution >= 0.6 is 0 Å². The first-order chi connectivity index (χ1) is 19.1. The predicted molar refractivity (Wildman–Crippen MR) is 143 cm³/mol. The van der Waals surface area contributed by atoms with Crippen molar-refractivity contribution in [3.05, 3.63) is 65.2 Å². The lowest BCUT2D eigenvalue weighted by molar-refractivity contribution is 0.109. The second-order valence-corrected chi connectivity index (χ2v) is 10.2. The fraction of sp³-hybridized carbons (Fsp3) is 0.414. The molecule has 39 heavy (non-hydrogen) atoms. The van der Waals surface area contributed by atoms with Crippen molar-refractivity contribution in [2.24, 2.45) is 0 Å². The highest BCUT2D eigenvalue weighted by atomic mass is 16.7. The fourth-order valence-electron chi connectivity index (χ4n) is 5.11. The number of H-pyrrole nitrogens is 1. The van der Waals surface area contributed by atoms with Crippen molar-refractivity contribution >= 4 is 11.2 Å². The molecule has 1 saturated carbocycles. The summed E-state index contributed by atoms with van der Waals surface area (Å²) in [5.74, 6) is 3.75. The molecule has 1 atom stereocenters. The van der Waals surface area contributed by atoms with Crippen LogP contribution in [-0.2, 0) is 17.9 Å². The lowest BCUT2D eigenvalue weighted by atomic mass is 10.2. The highest BCUT2D eigenvalue weighted by molar-refractivity contribution is 5.69. The summed E-state index contributed by atoms with van der Waals surface area (Å²) >= 11 is 0. The van der Waals surface area contributed by atoms with Crippen LogP contribution in [-0.4, -0.2) is 46.1 Å². The van der Waals surface area contributed by atoms with E-state index >= 15 is 0 Å². The van der Waals surface area contributed by atoms with E-state index in [4.69, 9.17) is 34.1 Å². The molecule has 6 rings (SSSR count). The van der Waals surface area contributed by atoms with Crippen molar-refractivity contribution < 1.29 is 23.7 Å². The van der Waals surface area contributed by atoms with E-state index in [9.17, 15) is 0 Å². The van der Waals surface area contributed by atoms with Gasteiger partial charge in [0.2, 0.25) is 6.79 Å². The van der Waals surface area contributed by atoms with Crippen LogP contribution in [0.15, 0.2) is 42.7 Å². The third kappa shape index (κ3) is 5.42. The molecule has 0 amide bonds. The van der Waals surface area contributed by atoms with Crippen LogP contribution < -0.4 is 24.4 Å². The molecular formula is C29H33N5O5. The average molecular weight is 532 g/mol. The maximum atomic E-state index is 8.33. The largest absolute Gasteiger partial charge is 0.493 e. The van der Waals surface area contributed by atoms with Crippen molar-refractivity contribution in [2.75, 3.05) is 20.5 Å².